The zero-order valence-corrected chi connectivity index (χ0v) is 19.7. The van der Waals surface area contributed by atoms with Gasteiger partial charge in [0.05, 0.1) is 19.6 Å². The topological polar surface area (TPSA) is 29.5 Å². The predicted octanol–water partition coefficient (Wildman–Crippen LogP) is 6.47. The molecule has 0 aliphatic carbocycles. The Morgan fingerprint density at radius 1 is 1.10 bits per heavy atom. The molecule has 5 rings (SSSR count). The van der Waals surface area contributed by atoms with Gasteiger partial charge < -0.3 is 4.74 Å². The van der Waals surface area contributed by atoms with E-state index in [0.717, 1.165) is 80.1 Å². The lowest BCUT2D eigenvalue weighted by Gasteiger charge is -2.53. The molecule has 3 saturated heterocycles. The lowest BCUT2D eigenvalue weighted by Crippen LogP contribution is -2.66. The highest BCUT2D eigenvalue weighted by molar-refractivity contribution is 7.14. The average Bonchev–Trinajstić information content (AvgIpc) is 3.33. The fraction of sp³-hybridized carbons (Fsp3) is 0.577. The van der Waals surface area contributed by atoms with Gasteiger partial charge in [-0.05, 0) is 41.8 Å². The van der Waals surface area contributed by atoms with Gasteiger partial charge in [0.2, 0.25) is 6.23 Å². The van der Waals surface area contributed by atoms with Gasteiger partial charge in [0.15, 0.2) is 0 Å². The van der Waals surface area contributed by atoms with Crippen LogP contribution < -0.4 is 4.90 Å². The molecule has 0 spiro atoms. The van der Waals surface area contributed by atoms with Gasteiger partial charge in [0.1, 0.15) is 5.00 Å². The van der Waals surface area contributed by atoms with Crippen LogP contribution in [0.3, 0.4) is 0 Å². The van der Waals surface area contributed by atoms with Crippen molar-refractivity contribution in [2.45, 2.75) is 64.5 Å². The number of unbranched alkanes of at least 4 members (excludes halogenated alkanes) is 2. The SMILES string of the molecule is CCCCCN(C(=O)OC1CC2CC[N+]1(CCCc1ccccc1)CC2)c1cccs1. The van der Waals surface area contributed by atoms with Gasteiger partial charge in [-0.1, -0.05) is 50.1 Å². The lowest BCUT2D eigenvalue weighted by molar-refractivity contribution is -0.984. The predicted molar refractivity (Wildman–Crippen MR) is 128 cm³/mol. The summed E-state index contributed by atoms with van der Waals surface area (Å²) in [4.78, 5) is 15.2. The monoisotopic (exact) mass is 441 g/mol. The number of nitrogens with zero attached hydrogens (tertiary/aromatic N) is 2. The zero-order chi connectivity index (χ0) is 21.5. The summed E-state index contributed by atoms with van der Waals surface area (Å²) in [5.41, 5.74) is 1.40. The number of anilines is 1. The van der Waals surface area contributed by atoms with E-state index in [1.807, 2.05) is 22.4 Å². The number of quaternary nitrogens is 1. The number of amides is 1. The van der Waals surface area contributed by atoms with Crippen LogP contribution in [0, 0.1) is 5.92 Å². The van der Waals surface area contributed by atoms with Crippen LogP contribution in [0.25, 0.3) is 0 Å². The Bertz CT molecular complexity index is 800. The number of aryl methyl sites for hydroxylation is 1. The molecule has 1 aromatic carbocycles. The molecule has 5 heteroatoms. The van der Waals surface area contributed by atoms with Crippen molar-refractivity contribution in [2.24, 2.45) is 5.92 Å². The number of carbonyl (C=O) groups excluding carboxylic acids is 1. The van der Waals surface area contributed by atoms with Crippen LogP contribution in [-0.4, -0.2) is 43.0 Å². The van der Waals surface area contributed by atoms with Crippen molar-refractivity contribution in [2.75, 3.05) is 31.1 Å². The van der Waals surface area contributed by atoms with E-state index in [0.29, 0.717) is 0 Å². The maximum absolute atomic E-state index is 13.3. The smallest absolute Gasteiger partial charge is 0.396 e. The molecule has 3 fully saturated rings. The lowest BCUT2D eigenvalue weighted by atomic mass is 9.84. The largest absolute Gasteiger partial charge is 0.419 e. The number of thiophene rings is 1. The Labute approximate surface area is 191 Å². The quantitative estimate of drug-likeness (QED) is 0.312. The van der Waals surface area contributed by atoms with E-state index in [9.17, 15) is 4.79 Å². The summed E-state index contributed by atoms with van der Waals surface area (Å²) in [6.07, 6.45) is 9.03. The standard InChI is InChI=1S/C26H37N2O2S/c1-2-3-7-16-27(24-13-9-20-31-24)26(29)30-25-21-23-14-18-28(25,19-15-23)17-8-12-22-10-5-4-6-11-22/h4-6,9-11,13,20,23,25H,2-3,7-8,12,14-19,21H2,1H3/q+1. The number of ether oxygens (including phenoxy) is 1. The number of rotatable bonds is 10. The van der Waals surface area contributed by atoms with E-state index in [2.05, 4.69) is 37.3 Å². The van der Waals surface area contributed by atoms with Crippen LogP contribution in [0.5, 0.6) is 0 Å². The summed E-state index contributed by atoms with van der Waals surface area (Å²) < 4.78 is 7.29. The zero-order valence-electron chi connectivity index (χ0n) is 18.9. The number of piperidine rings is 3. The number of benzene rings is 1. The van der Waals surface area contributed by atoms with Gasteiger partial charge in [-0.25, -0.2) is 4.79 Å². The third kappa shape index (κ3) is 5.50. The molecule has 3 aliphatic rings. The molecule has 0 radical (unpaired) electrons. The molecule has 1 unspecified atom stereocenters. The normalized spacial score (nSPS) is 24.8. The highest BCUT2D eigenvalue weighted by Gasteiger charge is 2.49. The van der Waals surface area contributed by atoms with Crippen LogP contribution >= 0.6 is 11.3 Å². The molecule has 1 amide bonds. The number of fused-ring (bicyclic) bond motifs is 3. The van der Waals surface area contributed by atoms with Gasteiger partial charge in [-0.15, -0.1) is 11.3 Å². The van der Waals surface area contributed by atoms with Crippen molar-refractivity contribution in [1.82, 2.24) is 0 Å². The second kappa shape index (κ2) is 10.6. The Morgan fingerprint density at radius 3 is 2.61 bits per heavy atom. The van der Waals surface area contributed by atoms with Gasteiger partial charge in [-0.2, -0.15) is 0 Å². The Hall–Kier alpha value is -1.85. The van der Waals surface area contributed by atoms with Crippen molar-refractivity contribution in [3.05, 3.63) is 53.4 Å². The molecule has 0 saturated carbocycles. The van der Waals surface area contributed by atoms with Crippen molar-refractivity contribution in [1.29, 1.82) is 0 Å². The Kier molecular flexibility index (Phi) is 7.67. The highest BCUT2D eigenvalue weighted by atomic mass is 32.1. The fourth-order valence-electron chi connectivity index (χ4n) is 5.35. The third-order valence-electron chi connectivity index (χ3n) is 7.24. The summed E-state index contributed by atoms with van der Waals surface area (Å²) in [6.45, 7) is 6.37. The first kappa shape index (κ1) is 22.3. The van der Waals surface area contributed by atoms with Gasteiger partial charge in [-0.3, -0.25) is 9.38 Å². The first-order chi connectivity index (χ1) is 15.2. The molecule has 2 bridgehead atoms. The van der Waals surface area contributed by atoms with Gasteiger partial charge in [0, 0.05) is 32.2 Å². The average molecular weight is 442 g/mol. The van der Waals surface area contributed by atoms with Crippen molar-refractivity contribution < 1.29 is 14.0 Å². The van der Waals surface area contributed by atoms with Crippen molar-refractivity contribution in [3.63, 3.8) is 0 Å². The molecule has 0 N–H and O–H groups in total. The Morgan fingerprint density at radius 2 is 1.90 bits per heavy atom. The van der Waals surface area contributed by atoms with E-state index < -0.39 is 0 Å². The van der Waals surface area contributed by atoms with Gasteiger partial charge >= 0.3 is 6.09 Å². The minimum Gasteiger partial charge on any atom is -0.396 e. The molecule has 3 aliphatic heterocycles. The summed E-state index contributed by atoms with van der Waals surface area (Å²) in [5, 5.41) is 3.05. The number of hydrogen-bond donors (Lipinski definition) is 0. The van der Waals surface area contributed by atoms with Crippen LogP contribution in [0.4, 0.5) is 9.80 Å². The van der Waals surface area contributed by atoms with E-state index in [-0.39, 0.29) is 12.3 Å². The second-order valence-corrected chi connectivity index (χ2v) is 10.2. The molecule has 4 nitrogen and oxygen atoms in total. The van der Waals surface area contributed by atoms with Crippen LogP contribution in [0.1, 0.15) is 57.4 Å². The molecule has 1 aromatic heterocycles. The first-order valence-electron chi connectivity index (χ1n) is 12.1. The molecule has 2 aromatic rings. The minimum absolute atomic E-state index is 0.0180. The maximum Gasteiger partial charge on any atom is 0.419 e. The Balaban J connectivity index is 1.41. The summed E-state index contributed by atoms with van der Waals surface area (Å²) in [5.74, 6) is 0.724. The van der Waals surface area contributed by atoms with Crippen LogP contribution in [-0.2, 0) is 11.2 Å². The molecule has 168 valence electrons. The molecular weight excluding hydrogens is 404 g/mol. The molecule has 4 heterocycles. The highest BCUT2D eigenvalue weighted by Crippen LogP contribution is 2.40. The van der Waals surface area contributed by atoms with Crippen LogP contribution in [0.2, 0.25) is 0 Å². The van der Waals surface area contributed by atoms with E-state index in [4.69, 9.17) is 4.74 Å². The fourth-order valence-corrected chi connectivity index (χ4v) is 6.10. The second-order valence-electron chi connectivity index (χ2n) is 9.31. The van der Waals surface area contributed by atoms with E-state index >= 15 is 0 Å². The molecular formula is C26H37N2O2S+. The summed E-state index contributed by atoms with van der Waals surface area (Å²) in [7, 11) is 0. The first-order valence-corrected chi connectivity index (χ1v) is 13.0. The number of carbonyl (C=O) groups is 1. The van der Waals surface area contributed by atoms with E-state index in [1.165, 1.54) is 18.4 Å². The number of hydrogen-bond acceptors (Lipinski definition) is 3. The molecule has 1 atom stereocenters. The van der Waals surface area contributed by atoms with Crippen LogP contribution in [0.15, 0.2) is 47.8 Å². The van der Waals surface area contributed by atoms with Crippen molar-refractivity contribution >= 4 is 22.4 Å². The molecule has 31 heavy (non-hydrogen) atoms. The maximum atomic E-state index is 13.3. The van der Waals surface area contributed by atoms with E-state index in [1.54, 1.807) is 11.3 Å². The third-order valence-corrected chi connectivity index (χ3v) is 8.13. The minimum atomic E-state index is -0.142. The summed E-state index contributed by atoms with van der Waals surface area (Å²) >= 11 is 1.63. The summed E-state index contributed by atoms with van der Waals surface area (Å²) in [6, 6.07) is 14.8. The van der Waals surface area contributed by atoms with Crippen molar-refractivity contribution in [3.8, 4) is 0 Å². The van der Waals surface area contributed by atoms with Gasteiger partial charge in [0.25, 0.3) is 0 Å².